The molecular formula is C28H18F8N4. The van der Waals surface area contributed by atoms with Crippen LogP contribution >= 0.6 is 0 Å². The first kappa shape index (κ1) is 28.3. The first-order chi connectivity index (χ1) is 19.0. The van der Waals surface area contributed by atoms with E-state index in [4.69, 9.17) is 0 Å². The highest BCUT2D eigenvalue weighted by molar-refractivity contribution is 5.99. The van der Waals surface area contributed by atoms with Gasteiger partial charge in [-0.25, -0.2) is 35.1 Å². The van der Waals surface area contributed by atoms with Gasteiger partial charge in [0, 0.05) is 0 Å². The van der Waals surface area contributed by atoms with E-state index in [2.05, 4.69) is 10.2 Å². The highest BCUT2D eigenvalue weighted by Crippen LogP contribution is 2.40. The fourth-order valence-corrected chi connectivity index (χ4v) is 3.67. The van der Waals surface area contributed by atoms with Crippen LogP contribution in [0.2, 0.25) is 0 Å². The Morgan fingerprint density at radius 1 is 0.450 bits per heavy atom. The maximum Gasteiger partial charge on any atom is 0.187 e. The lowest BCUT2D eigenvalue weighted by Crippen LogP contribution is -2.12. The highest BCUT2D eigenvalue weighted by atomic mass is 19.2. The van der Waals surface area contributed by atoms with Crippen molar-refractivity contribution in [1.82, 2.24) is 0 Å². The van der Waals surface area contributed by atoms with E-state index in [1.807, 2.05) is 10.9 Å². The fourth-order valence-electron chi connectivity index (χ4n) is 3.67. The molecule has 40 heavy (non-hydrogen) atoms. The minimum atomic E-state index is -2.32. The van der Waals surface area contributed by atoms with E-state index in [1.54, 1.807) is 60.7 Å². The summed E-state index contributed by atoms with van der Waals surface area (Å²) < 4.78 is 119. The summed E-state index contributed by atoms with van der Waals surface area (Å²) in [6, 6.07) is 16.3. The van der Waals surface area contributed by atoms with Crippen molar-refractivity contribution in [2.24, 2.45) is 10.2 Å². The van der Waals surface area contributed by atoms with Crippen molar-refractivity contribution in [2.45, 2.75) is 13.8 Å². The molecule has 0 aliphatic heterocycles. The minimum absolute atomic E-state index is 0.166. The maximum absolute atomic E-state index is 14.9. The molecule has 0 aliphatic carbocycles. The fraction of sp³-hybridized carbons (Fsp3) is 0.0714. The largest absolute Gasteiger partial charge is 0.272 e. The second kappa shape index (κ2) is 11.6. The number of hydrazone groups is 2. The zero-order chi connectivity index (χ0) is 29.1. The van der Waals surface area contributed by atoms with Gasteiger partial charge >= 0.3 is 0 Å². The Morgan fingerprint density at radius 2 is 0.725 bits per heavy atom. The van der Waals surface area contributed by atoms with Gasteiger partial charge in [-0.2, -0.15) is 10.2 Å². The van der Waals surface area contributed by atoms with E-state index in [1.165, 1.54) is 13.8 Å². The lowest BCUT2D eigenvalue weighted by atomic mass is 10.00. The van der Waals surface area contributed by atoms with Crippen LogP contribution in [-0.4, -0.2) is 11.4 Å². The van der Waals surface area contributed by atoms with Gasteiger partial charge in [0.2, 0.25) is 0 Å². The molecule has 0 unspecified atom stereocenters. The van der Waals surface area contributed by atoms with Crippen LogP contribution in [0.15, 0.2) is 70.9 Å². The number of halogens is 8. The molecule has 0 spiro atoms. The van der Waals surface area contributed by atoms with Crippen LogP contribution in [0, 0.1) is 46.5 Å². The number of benzene rings is 4. The quantitative estimate of drug-likeness (QED) is 0.103. The molecule has 0 amide bonds. The van der Waals surface area contributed by atoms with E-state index in [-0.39, 0.29) is 11.4 Å². The molecule has 0 atom stereocenters. The third-order valence-corrected chi connectivity index (χ3v) is 5.83. The zero-order valence-electron chi connectivity index (χ0n) is 20.7. The topological polar surface area (TPSA) is 48.8 Å². The van der Waals surface area contributed by atoms with Crippen LogP contribution in [0.3, 0.4) is 0 Å². The van der Waals surface area contributed by atoms with Crippen LogP contribution in [0.5, 0.6) is 0 Å². The molecule has 0 radical (unpaired) electrons. The van der Waals surface area contributed by atoms with Crippen molar-refractivity contribution < 1.29 is 35.1 Å². The second-order valence-corrected chi connectivity index (χ2v) is 8.36. The van der Waals surface area contributed by atoms with E-state index >= 15 is 0 Å². The van der Waals surface area contributed by atoms with Gasteiger partial charge in [0.1, 0.15) is 11.4 Å². The molecule has 0 heterocycles. The molecule has 0 saturated heterocycles. The third-order valence-electron chi connectivity index (χ3n) is 5.83. The van der Waals surface area contributed by atoms with Gasteiger partial charge in [-0.15, -0.1) is 0 Å². The molecule has 0 fully saturated rings. The Labute approximate surface area is 222 Å². The summed E-state index contributed by atoms with van der Waals surface area (Å²) in [6.45, 7) is 2.85. The molecule has 2 N–H and O–H groups in total. The first-order valence-corrected chi connectivity index (χ1v) is 11.5. The highest BCUT2D eigenvalue weighted by Gasteiger charge is 2.34. The standard InChI is InChI=1S/C28H18F8N4/c1-13(15-9-5-3-6-10-15)37-39-27-23(33)19(29)17(20(30)24(27)34)18-21(31)25(35)28(26(36)22(18)32)40-38-14(2)16-11-7-4-8-12-16/h3-12,39-40H,1-2H3. The number of hydrogen-bond donors (Lipinski definition) is 2. The smallest absolute Gasteiger partial charge is 0.187 e. The van der Waals surface area contributed by atoms with Crippen molar-refractivity contribution in [1.29, 1.82) is 0 Å². The summed E-state index contributed by atoms with van der Waals surface area (Å²) in [5, 5.41) is 7.33. The molecule has 0 bridgehead atoms. The van der Waals surface area contributed by atoms with Gasteiger partial charge in [0.05, 0.1) is 22.6 Å². The molecule has 4 aromatic rings. The lowest BCUT2D eigenvalue weighted by molar-refractivity contribution is 0.446. The summed E-state index contributed by atoms with van der Waals surface area (Å²) in [5.41, 5.74) is -1.84. The number of nitrogens with one attached hydrogen (secondary N) is 2. The summed E-state index contributed by atoms with van der Waals surface area (Å²) in [4.78, 5) is 0. The Kier molecular flexibility index (Phi) is 8.17. The summed E-state index contributed by atoms with van der Waals surface area (Å²) in [7, 11) is 0. The van der Waals surface area contributed by atoms with Crippen LogP contribution in [-0.2, 0) is 0 Å². The summed E-state index contributed by atoms with van der Waals surface area (Å²) in [6.07, 6.45) is 0. The van der Waals surface area contributed by atoms with Crippen molar-refractivity contribution >= 4 is 22.8 Å². The SMILES string of the molecule is CC(=NNc1c(F)c(F)c(-c2c(F)c(F)c(NN=C(C)c3ccccc3)c(F)c2F)c(F)c1F)c1ccccc1. The molecule has 0 saturated carbocycles. The number of hydrogen-bond acceptors (Lipinski definition) is 4. The molecule has 0 aromatic heterocycles. The lowest BCUT2D eigenvalue weighted by Gasteiger charge is -2.15. The van der Waals surface area contributed by atoms with Crippen LogP contribution in [0.4, 0.5) is 46.5 Å². The van der Waals surface area contributed by atoms with E-state index < -0.39 is 69.0 Å². The number of anilines is 2. The van der Waals surface area contributed by atoms with Crippen molar-refractivity contribution in [3.63, 3.8) is 0 Å². The average Bonchev–Trinajstić information content (AvgIpc) is 2.97. The predicted molar refractivity (Wildman–Crippen MR) is 136 cm³/mol. The first-order valence-electron chi connectivity index (χ1n) is 11.5. The molecule has 0 aliphatic rings. The zero-order valence-corrected chi connectivity index (χ0v) is 20.7. The van der Waals surface area contributed by atoms with Gasteiger partial charge in [0.25, 0.3) is 0 Å². The van der Waals surface area contributed by atoms with Gasteiger partial charge in [-0.3, -0.25) is 10.9 Å². The number of rotatable bonds is 7. The molecular weight excluding hydrogens is 544 g/mol. The van der Waals surface area contributed by atoms with Gasteiger partial charge < -0.3 is 0 Å². The van der Waals surface area contributed by atoms with Crippen molar-refractivity contribution in [3.05, 3.63) is 118 Å². The monoisotopic (exact) mass is 562 g/mol. The summed E-state index contributed by atoms with van der Waals surface area (Å²) in [5.74, 6) is -17.8. The van der Waals surface area contributed by atoms with E-state index in [9.17, 15) is 35.1 Å². The molecule has 4 nitrogen and oxygen atoms in total. The Balaban J connectivity index is 1.76. The Morgan fingerprint density at radius 3 is 1.00 bits per heavy atom. The Bertz CT molecular complexity index is 1460. The van der Waals surface area contributed by atoms with Gasteiger partial charge in [-0.05, 0) is 25.0 Å². The number of nitrogens with zero attached hydrogens (tertiary/aromatic N) is 2. The Hall–Kier alpha value is -4.74. The molecule has 12 heteroatoms. The summed E-state index contributed by atoms with van der Waals surface area (Å²) >= 11 is 0. The van der Waals surface area contributed by atoms with Crippen LogP contribution in [0.1, 0.15) is 25.0 Å². The minimum Gasteiger partial charge on any atom is -0.272 e. The normalized spacial score (nSPS) is 12.1. The van der Waals surface area contributed by atoms with Gasteiger partial charge in [0.15, 0.2) is 46.5 Å². The van der Waals surface area contributed by atoms with Crippen molar-refractivity contribution in [3.8, 4) is 11.1 Å². The van der Waals surface area contributed by atoms with E-state index in [0.717, 1.165) is 0 Å². The van der Waals surface area contributed by atoms with Gasteiger partial charge in [-0.1, -0.05) is 60.7 Å². The van der Waals surface area contributed by atoms with E-state index in [0.29, 0.717) is 11.1 Å². The van der Waals surface area contributed by atoms with Crippen molar-refractivity contribution in [2.75, 3.05) is 10.9 Å². The molecule has 4 rings (SSSR count). The average molecular weight is 562 g/mol. The second-order valence-electron chi connectivity index (χ2n) is 8.36. The molecule has 206 valence electrons. The van der Waals surface area contributed by atoms with Crippen LogP contribution < -0.4 is 10.9 Å². The predicted octanol–water partition coefficient (Wildman–Crippen LogP) is 8.14. The molecule has 4 aromatic carbocycles. The maximum atomic E-state index is 14.9. The van der Waals surface area contributed by atoms with Crippen LogP contribution in [0.25, 0.3) is 11.1 Å². The third kappa shape index (κ3) is 5.24.